The van der Waals surface area contributed by atoms with Gasteiger partial charge in [-0.2, -0.15) is 17.7 Å². The molecule has 1 aromatic carbocycles. The SMILES string of the molecule is COc1ccc([CH-]S)cc1. The maximum atomic E-state index is 4.97. The summed E-state index contributed by atoms with van der Waals surface area (Å²) >= 11 is 4.01. The number of ether oxygens (including phenoxy) is 1. The van der Waals surface area contributed by atoms with E-state index in [-0.39, 0.29) is 0 Å². The van der Waals surface area contributed by atoms with E-state index >= 15 is 0 Å². The third-order valence-corrected chi connectivity index (χ3v) is 1.56. The zero-order valence-electron chi connectivity index (χ0n) is 5.74. The van der Waals surface area contributed by atoms with Crippen molar-refractivity contribution in [2.45, 2.75) is 0 Å². The van der Waals surface area contributed by atoms with Gasteiger partial charge in [0.25, 0.3) is 0 Å². The Morgan fingerprint density at radius 1 is 1.30 bits per heavy atom. The van der Waals surface area contributed by atoms with E-state index in [9.17, 15) is 0 Å². The van der Waals surface area contributed by atoms with E-state index in [2.05, 4.69) is 12.6 Å². The van der Waals surface area contributed by atoms with Gasteiger partial charge in [0.1, 0.15) is 0 Å². The van der Waals surface area contributed by atoms with E-state index in [1.807, 2.05) is 24.3 Å². The predicted octanol–water partition coefficient (Wildman–Crippen LogP) is 2.13. The summed E-state index contributed by atoms with van der Waals surface area (Å²) in [5, 5.41) is 0. The predicted molar refractivity (Wildman–Crippen MR) is 45.4 cm³/mol. The van der Waals surface area contributed by atoms with Crippen molar-refractivity contribution < 1.29 is 4.74 Å². The quantitative estimate of drug-likeness (QED) is 0.506. The molecule has 0 aliphatic rings. The molecule has 1 rings (SSSR count). The second-order valence-corrected chi connectivity index (χ2v) is 2.16. The van der Waals surface area contributed by atoms with E-state index < -0.39 is 0 Å². The van der Waals surface area contributed by atoms with Crippen molar-refractivity contribution in [3.63, 3.8) is 0 Å². The van der Waals surface area contributed by atoms with Crippen LogP contribution in [-0.4, -0.2) is 7.11 Å². The van der Waals surface area contributed by atoms with Crippen LogP contribution >= 0.6 is 12.6 Å². The molecular formula is C8H9OS-. The van der Waals surface area contributed by atoms with Crippen LogP contribution in [0.5, 0.6) is 5.75 Å². The van der Waals surface area contributed by atoms with Crippen LogP contribution in [0.25, 0.3) is 0 Å². The Morgan fingerprint density at radius 3 is 2.30 bits per heavy atom. The largest absolute Gasteiger partial charge is 0.499 e. The molecular weight excluding hydrogens is 144 g/mol. The third-order valence-electron chi connectivity index (χ3n) is 1.26. The lowest BCUT2D eigenvalue weighted by Gasteiger charge is -2.06. The monoisotopic (exact) mass is 153 g/mol. The van der Waals surface area contributed by atoms with E-state index in [0.717, 1.165) is 11.3 Å². The van der Waals surface area contributed by atoms with Crippen LogP contribution in [-0.2, 0) is 0 Å². The topological polar surface area (TPSA) is 9.23 Å². The molecule has 0 unspecified atom stereocenters. The lowest BCUT2D eigenvalue weighted by atomic mass is 10.2. The molecule has 54 valence electrons. The molecule has 0 aliphatic heterocycles. The average molecular weight is 153 g/mol. The van der Waals surface area contributed by atoms with E-state index in [1.165, 1.54) is 0 Å². The average Bonchev–Trinajstić information content (AvgIpc) is 2.05. The van der Waals surface area contributed by atoms with E-state index in [1.54, 1.807) is 12.9 Å². The fourth-order valence-corrected chi connectivity index (χ4v) is 0.862. The van der Waals surface area contributed by atoms with Crippen LogP contribution in [0, 0.1) is 5.75 Å². The second kappa shape index (κ2) is 3.42. The highest BCUT2D eigenvalue weighted by Gasteiger charge is 1.81. The first-order valence-electron chi connectivity index (χ1n) is 2.98. The number of rotatable bonds is 2. The van der Waals surface area contributed by atoms with Crippen molar-refractivity contribution in [2.75, 3.05) is 7.11 Å². The minimum Gasteiger partial charge on any atom is -0.499 e. The lowest BCUT2D eigenvalue weighted by molar-refractivity contribution is 0.415. The molecule has 0 saturated heterocycles. The number of hydrogen-bond acceptors (Lipinski definition) is 2. The highest BCUT2D eigenvalue weighted by molar-refractivity contribution is 7.82. The maximum absolute atomic E-state index is 4.97. The van der Waals surface area contributed by atoms with Crippen molar-refractivity contribution >= 4 is 12.6 Å². The maximum Gasteiger partial charge on any atom is 0.0943 e. The molecule has 2 heteroatoms. The molecule has 0 radical (unpaired) electrons. The Bertz CT molecular complexity index is 170. The molecule has 0 aliphatic carbocycles. The fourth-order valence-electron chi connectivity index (χ4n) is 0.690. The third kappa shape index (κ3) is 1.61. The van der Waals surface area contributed by atoms with Crippen LogP contribution in [0.15, 0.2) is 24.3 Å². The first-order chi connectivity index (χ1) is 4.86. The van der Waals surface area contributed by atoms with Gasteiger partial charge < -0.3 is 4.74 Å². The number of hydrogen-bond donors (Lipinski definition) is 1. The van der Waals surface area contributed by atoms with Gasteiger partial charge in [0.05, 0.1) is 12.9 Å². The highest BCUT2D eigenvalue weighted by Crippen LogP contribution is 2.12. The Balaban J connectivity index is 2.80. The molecule has 10 heavy (non-hydrogen) atoms. The van der Waals surface area contributed by atoms with Gasteiger partial charge in [0, 0.05) is 0 Å². The molecule has 1 aromatic rings. The standard InChI is InChI=1S/C8H9OS/c1-9-8-4-2-7(6-10)3-5-8/h2-6,10H,1H3/q-1. The van der Waals surface area contributed by atoms with Crippen LogP contribution in [0.4, 0.5) is 0 Å². The lowest BCUT2D eigenvalue weighted by Crippen LogP contribution is -1.81. The molecule has 0 atom stereocenters. The summed E-state index contributed by atoms with van der Waals surface area (Å²) in [5.41, 5.74) is 1.09. The zero-order valence-corrected chi connectivity index (χ0v) is 6.64. The van der Waals surface area contributed by atoms with Gasteiger partial charge in [-0.05, 0) is 0 Å². The molecule has 0 spiro atoms. The molecule has 1 nitrogen and oxygen atoms in total. The minimum atomic E-state index is 0.874. The van der Waals surface area contributed by atoms with Gasteiger partial charge in [-0.15, -0.1) is 5.75 Å². The highest BCUT2D eigenvalue weighted by atomic mass is 32.1. The summed E-state index contributed by atoms with van der Waals surface area (Å²) in [6, 6.07) is 7.71. The Kier molecular flexibility index (Phi) is 2.51. The number of thiol groups is 1. The van der Waals surface area contributed by atoms with Gasteiger partial charge in [0.15, 0.2) is 0 Å². The Morgan fingerprint density at radius 2 is 1.90 bits per heavy atom. The zero-order chi connectivity index (χ0) is 7.40. The van der Waals surface area contributed by atoms with Crippen LogP contribution in [0.2, 0.25) is 0 Å². The van der Waals surface area contributed by atoms with Crippen molar-refractivity contribution in [1.29, 1.82) is 0 Å². The normalized spacial score (nSPS) is 9.00. The van der Waals surface area contributed by atoms with E-state index in [4.69, 9.17) is 4.74 Å². The first-order valence-corrected chi connectivity index (χ1v) is 3.50. The van der Waals surface area contributed by atoms with Gasteiger partial charge in [-0.1, -0.05) is 12.1 Å². The minimum absolute atomic E-state index is 0.874. The van der Waals surface area contributed by atoms with Crippen molar-refractivity contribution in [3.05, 3.63) is 35.6 Å². The van der Waals surface area contributed by atoms with Crippen LogP contribution < -0.4 is 4.74 Å². The van der Waals surface area contributed by atoms with Gasteiger partial charge in [-0.25, -0.2) is 12.6 Å². The fraction of sp³-hybridized carbons (Fsp3) is 0.125. The molecule has 0 bridgehead atoms. The molecule has 0 saturated carbocycles. The molecule has 0 amide bonds. The van der Waals surface area contributed by atoms with Crippen LogP contribution in [0.1, 0.15) is 5.56 Å². The summed E-state index contributed by atoms with van der Waals surface area (Å²) < 4.78 is 4.97. The Hall–Kier alpha value is -0.760. The summed E-state index contributed by atoms with van der Waals surface area (Å²) in [5.74, 6) is 2.62. The van der Waals surface area contributed by atoms with Crippen molar-refractivity contribution in [3.8, 4) is 5.75 Å². The van der Waals surface area contributed by atoms with E-state index in [0.29, 0.717) is 0 Å². The summed E-state index contributed by atoms with van der Waals surface area (Å²) in [7, 11) is 1.65. The Labute approximate surface area is 66.4 Å². The van der Waals surface area contributed by atoms with Gasteiger partial charge in [0.2, 0.25) is 0 Å². The molecule has 0 fully saturated rings. The second-order valence-electron chi connectivity index (χ2n) is 1.90. The number of methoxy groups -OCH3 is 1. The molecule has 0 aromatic heterocycles. The number of benzene rings is 1. The summed E-state index contributed by atoms with van der Waals surface area (Å²) in [4.78, 5) is 0. The summed E-state index contributed by atoms with van der Waals surface area (Å²) in [6.45, 7) is 0. The molecule has 0 N–H and O–H groups in total. The van der Waals surface area contributed by atoms with Crippen molar-refractivity contribution in [1.82, 2.24) is 0 Å². The van der Waals surface area contributed by atoms with Gasteiger partial charge >= 0.3 is 0 Å². The van der Waals surface area contributed by atoms with Crippen molar-refractivity contribution in [2.24, 2.45) is 0 Å². The summed E-state index contributed by atoms with van der Waals surface area (Å²) in [6.07, 6.45) is 0. The van der Waals surface area contributed by atoms with Crippen LogP contribution in [0.3, 0.4) is 0 Å². The van der Waals surface area contributed by atoms with Gasteiger partial charge in [-0.3, -0.25) is 0 Å². The molecule has 0 heterocycles. The first kappa shape index (κ1) is 7.35. The smallest absolute Gasteiger partial charge is 0.0943 e.